The second-order valence-corrected chi connectivity index (χ2v) is 18.6. The van der Waals surface area contributed by atoms with Crippen LogP contribution in [-0.2, 0) is 16.2 Å². The lowest BCUT2D eigenvalue weighted by molar-refractivity contribution is 0.578. The molecule has 0 amide bonds. The molecule has 2 saturated heterocycles. The van der Waals surface area contributed by atoms with Crippen molar-refractivity contribution >= 4 is 32.9 Å². The van der Waals surface area contributed by atoms with Crippen molar-refractivity contribution in [3.8, 4) is 33.4 Å². The minimum Gasteiger partial charge on any atom is -0.371 e. The zero-order chi connectivity index (χ0) is 36.0. The summed E-state index contributed by atoms with van der Waals surface area (Å²) in [4.78, 5) is 5.34. The highest BCUT2D eigenvalue weighted by Crippen LogP contribution is 2.61. The first kappa shape index (κ1) is 31.9. The minimum absolute atomic E-state index is 0.0861. The molecule has 2 heteroatoms. The number of piperidine rings is 2. The maximum atomic E-state index is 2.67. The van der Waals surface area contributed by atoms with Crippen LogP contribution in [0.15, 0.2) is 84.9 Å². The summed E-state index contributed by atoms with van der Waals surface area (Å²) in [5.41, 5.74) is 20.2. The fraction of sp³-hybridized carbons (Fsp3) is 0.373. The summed E-state index contributed by atoms with van der Waals surface area (Å²) in [6.07, 6.45) is 7.86. The van der Waals surface area contributed by atoms with Gasteiger partial charge in [-0.15, -0.1) is 0 Å². The summed E-state index contributed by atoms with van der Waals surface area (Å²) in [6.45, 7) is 19.5. The van der Waals surface area contributed by atoms with Crippen molar-refractivity contribution in [3.05, 3.63) is 118 Å². The summed E-state index contributed by atoms with van der Waals surface area (Å²) in [5.74, 6) is 0. The summed E-state index contributed by atoms with van der Waals surface area (Å²) in [7, 11) is 0. The molecule has 0 atom stereocenters. The molecule has 266 valence electrons. The predicted octanol–water partition coefficient (Wildman–Crippen LogP) is 12.9. The molecular weight excluding hydrogens is 641 g/mol. The van der Waals surface area contributed by atoms with Gasteiger partial charge >= 0.3 is 0 Å². The standard InChI is InChI=1S/C51H52N2/c1-49(2)39-27-37-41(50(3,4)43-29-45(52-21-13-7-14-22-52)31-17-9-11-19-33(31)47(37)43)25-35(39)36-26-42-38(28-40(36)49)48-34-20-12-10-18-32(34)46(30-44(48)51(42,5)6)53-23-15-8-16-24-53/h9-12,17-20,25-30H,7-8,13-16,21-24H2,1-6H3. The van der Waals surface area contributed by atoms with Crippen molar-refractivity contribution in [2.45, 2.75) is 96.3 Å². The molecule has 11 rings (SSSR count). The number of rotatable bonds is 2. The van der Waals surface area contributed by atoms with Crippen molar-refractivity contribution in [1.29, 1.82) is 0 Å². The van der Waals surface area contributed by atoms with Gasteiger partial charge in [0.2, 0.25) is 0 Å². The number of anilines is 2. The fourth-order valence-electron chi connectivity index (χ4n) is 11.6. The maximum Gasteiger partial charge on any atom is 0.0449 e. The van der Waals surface area contributed by atoms with E-state index in [9.17, 15) is 0 Å². The Morgan fingerprint density at radius 3 is 1.08 bits per heavy atom. The van der Waals surface area contributed by atoms with Crippen LogP contribution in [0.3, 0.4) is 0 Å². The Labute approximate surface area is 315 Å². The highest BCUT2D eigenvalue weighted by atomic mass is 15.1. The molecule has 0 spiro atoms. The average Bonchev–Trinajstić information content (AvgIpc) is 3.65. The molecule has 2 aliphatic heterocycles. The average molecular weight is 693 g/mol. The van der Waals surface area contributed by atoms with E-state index in [2.05, 4.69) is 136 Å². The summed E-state index contributed by atoms with van der Waals surface area (Å²) in [6, 6.07) is 34.2. The van der Waals surface area contributed by atoms with Gasteiger partial charge in [0, 0.05) is 64.6 Å². The number of nitrogens with zero attached hydrogens (tertiary/aromatic N) is 2. The molecule has 0 unspecified atom stereocenters. The van der Waals surface area contributed by atoms with Crippen LogP contribution < -0.4 is 9.80 Å². The van der Waals surface area contributed by atoms with E-state index >= 15 is 0 Å². The summed E-state index contributed by atoms with van der Waals surface area (Å²) < 4.78 is 0. The van der Waals surface area contributed by atoms with Gasteiger partial charge in [0.1, 0.15) is 0 Å². The van der Waals surface area contributed by atoms with Crippen LogP contribution in [0.2, 0.25) is 0 Å². The molecule has 0 N–H and O–H groups in total. The lowest BCUT2D eigenvalue weighted by Crippen LogP contribution is -2.30. The molecule has 3 aliphatic carbocycles. The van der Waals surface area contributed by atoms with Gasteiger partial charge < -0.3 is 9.80 Å². The molecule has 0 aromatic heterocycles. The SMILES string of the molecule is CC1(C)c2cc3c(cc2-c2cc4c(cc21)-c1c(cc(N2CCCCC2)c2ccccc12)C4(C)C)C(C)(C)c1cc(N2CCCCC2)c2ccccc2c1-3. The van der Waals surface area contributed by atoms with E-state index in [0.29, 0.717) is 0 Å². The second kappa shape index (κ2) is 10.8. The van der Waals surface area contributed by atoms with Crippen LogP contribution in [0.25, 0.3) is 54.9 Å². The van der Waals surface area contributed by atoms with Crippen LogP contribution in [0.1, 0.15) is 113 Å². The van der Waals surface area contributed by atoms with E-state index in [1.54, 1.807) is 0 Å². The molecule has 2 heterocycles. The zero-order valence-electron chi connectivity index (χ0n) is 32.5. The van der Waals surface area contributed by atoms with Crippen LogP contribution in [0, 0.1) is 0 Å². The molecule has 2 fully saturated rings. The smallest absolute Gasteiger partial charge is 0.0449 e. The van der Waals surface area contributed by atoms with Gasteiger partial charge in [-0.1, -0.05) is 90.1 Å². The van der Waals surface area contributed by atoms with Crippen LogP contribution in [0.5, 0.6) is 0 Å². The quantitative estimate of drug-likeness (QED) is 0.178. The third-order valence-corrected chi connectivity index (χ3v) is 14.6. The van der Waals surface area contributed by atoms with Crippen molar-refractivity contribution in [2.24, 2.45) is 0 Å². The number of fused-ring (bicyclic) bond motifs is 13. The maximum absolute atomic E-state index is 2.67. The van der Waals surface area contributed by atoms with Crippen LogP contribution in [-0.4, -0.2) is 26.2 Å². The molecule has 0 bridgehead atoms. The third kappa shape index (κ3) is 4.16. The predicted molar refractivity (Wildman–Crippen MR) is 226 cm³/mol. The Bertz CT molecular complexity index is 2370. The first-order valence-corrected chi connectivity index (χ1v) is 20.6. The molecule has 5 aliphatic rings. The van der Waals surface area contributed by atoms with Gasteiger partial charge in [0.25, 0.3) is 0 Å². The van der Waals surface area contributed by atoms with E-state index in [1.807, 2.05) is 0 Å². The Morgan fingerprint density at radius 1 is 0.358 bits per heavy atom. The van der Waals surface area contributed by atoms with E-state index in [4.69, 9.17) is 0 Å². The molecule has 6 aromatic carbocycles. The van der Waals surface area contributed by atoms with Gasteiger partial charge in [-0.3, -0.25) is 0 Å². The monoisotopic (exact) mass is 692 g/mol. The largest absolute Gasteiger partial charge is 0.371 e. The Kier molecular flexibility index (Phi) is 6.49. The summed E-state index contributed by atoms with van der Waals surface area (Å²) in [5, 5.41) is 5.65. The number of hydrogen-bond acceptors (Lipinski definition) is 2. The third-order valence-electron chi connectivity index (χ3n) is 14.6. The lowest BCUT2D eigenvalue weighted by Gasteiger charge is -2.32. The lowest BCUT2D eigenvalue weighted by atomic mass is 9.78. The normalized spacial score (nSPS) is 19.9. The highest BCUT2D eigenvalue weighted by Gasteiger charge is 2.45. The van der Waals surface area contributed by atoms with Crippen molar-refractivity contribution in [1.82, 2.24) is 0 Å². The molecule has 0 radical (unpaired) electrons. The molecule has 0 saturated carbocycles. The number of hydrogen-bond donors (Lipinski definition) is 0. The Morgan fingerprint density at radius 2 is 0.679 bits per heavy atom. The zero-order valence-corrected chi connectivity index (χ0v) is 32.5. The van der Waals surface area contributed by atoms with Gasteiger partial charge in [-0.2, -0.15) is 0 Å². The Balaban J connectivity index is 1.10. The molecule has 53 heavy (non-hydrogen) atoms. The van der Waals surface area contributed by atoms with Gasteiger partial charge in [0.05, 0.1) is 0 Å². The van der Waals surface area contributed by atoms with E-state index in [1.165, 1.54) is 138 Å². The summed E-state index contributed by atoms with van der Waals surface area (Å²) >= 11 is 0. The molecule has 6 aromatic rings. The van der Waals surface area contributed by atoms with E-state index in [0.717, 1.165) is 26.2 Å². The first-order chi connectivity index (χ1) is 25.6. The fourth-order valence-corrected chi connectivity index (χ4v) is 11.6. The second-order valence-electron chi connectivity index (χ2n) is 18.6. The number of benzene rings is 6. The van der Waals surface area contributed by atoms with Crippen molar-refractivity contribution in [3.63, 3.8) is 0 Å². The van der Waals surface area contributed by atoms with Crippen molar-refractivity contribution < 1.29 is 0 Å². The van der Waals surface area contributed by atoms with E-state index in [-0.39, 0.29) is 16.2 Å². The van der Waals surface area contributed by atoms with Gasteiger partial charge in [-0.05, 0) is 152 Å². The molecule has 2 nitrogen and oxygen atoms in total. The Hall–Kier alpha value is -4.56. The van der Waals surface area contributed by atoms with Crippen LogP contribution in [0.4, 0.5) is 11.4 Å². The van der Waals surface area contributed by atoms with Gasteiger partial charge in [-0.25, -0.2) is 0 Å². The highest BCUT2D eigenvalue weighted by molar-refractivity contribution is 6.10. The minimum atomic E-state index is -0.110. The first-order valence-electron chi connectivity index (χ1n) is 20.6. The molecular formula is C51H52N2. The topological polar surface area (TPSA) is 6.48 Å². The van der Waals surface area contributed by atoms with E-state index < -0.39 is 0 Å². The van der Waals surface area contributed by atoms with Crippen LogP contribution >= 0.6 is 0 Å². The van der Waals surface area contributed by atoms with Gasteiger partial charge in [0.15, 0.2) is 0 Å². The van der Waals surface area contributed by atoms with Crippen molar-refractivity contribution in [2.75, 3.05) is 36.0 Å².